The van der Waals surface area contributed by atoms with Crippen LogP contribution in [0.2, 0.25) is 0 Å². The molecule has 3 aliphatic rings. The lowest BCUT2D eigenvalue weighted by Crippen LogP contribution is -2.61. The van der Waals surface area contributed by atoms with Gasteiger partial charge in [-0.15, -0.1) is 0 Å². The van der Waals surface area contributed by atoms with E-state index < -0.39 is 0 Å². The van der Waals surface area contributed by atoms with E-state index in [1.54, 1.807) is 0 Å². The van der Waals surface area contributed by atoms with Crippen LogP contribution in [0, 0.1) is 6.92 Å². The van der Waals surface area contributed by atoms with Gasteiger partial charge in [-0.1, -0.05) is 161 Å². The van der Waals surface area contributed by atoms with E-state index in [9.17, 15) is 0 Å². The molecule has 1 aromatic heterocycles. The minimum atomic E-state index is -0.120. The average molecular weight is 879 g/mol. The second-order valence-corrected chi connectivity index (χ2v) is 25.7. The lowest BCUT2D eigenvalue weighted by atomic mass is 9.35. The number of hydrogen-bond acceptors (Lipinski definition) is 3. The van der Waals surface area contributed by atoms with E-state index >= 15 is 0 Å². The Labute approximate surface area is 399 Å². The number of anilines is 6. The maximum absolute atomic E-state index is 7.45. The maximum Gasteiger partial charge on any atom is 0.297 e. The third kappa shape index (κ3) is 7.47. The minimum Gasteiger partial charge on any atom is -0.468 e. The van der Waals surface area contributed by atoms with Crippen molar-refractivity contribution in [2.45, 2.75) is 196 Å². The molecule has 3 heterocycles. The Morgan fingerprint density at radius 3 is 1.76 bits per heavy atom. The summed E-state index contributed by atoms with van der Waals surface area (Å²) in [4.78, 5) is 5.30. The Bertz CT molecular complexity index is 2880. The molecule has 1 aliphatic carbocycles. The summed E-state index contributed by atoms with van der Waals surface area (Å²) in [5, 5.41) is 1.18. The molecule has 0 saturated carbocycles. The second-order valence-electron chi connectivity index (χ2n) is 25.7. The fourth-order valence-corrected chi connectivity index (χ4v) is 11.7. The van der Waals surface area contributed by atoms with Gasteiger partial charge in [-0.05, 0) is 169 Å². The van der Waals surface area contributed by atoms with Crippen LogP contribution in [0.1, 0.15) is 194 Å². The highest BCUT2D eigenvalue weighted by Crippen LogP contribution is 2.53. The normalized spacial score (nSPS) is 16.6. The van der Waals surface area contributed by atoms with Crippen molar-refractivity contribution in [1.29, 1.82) is 0 Å². The Kier molecular flexibility index (Phi) is 10.8. The summed E-state index contributed by atoms with van der Waals surface area (Å²) >= 11 is 0. The summed E-state index contributed by atoms with van der Waals surface area (Å²) in [7, 11) is 0. The molecule has 66 heavy (non-hydrogen) atoms. The summed E-state index contributed by atoms with van der Waals surface area (Å²) in [6.45, 7) is 42.8. The molecule has 346 valence electrons. The molecule has 5 aromatic carbocycles. The van der Waals surface area contributed by atoms with E-state index in [0.29, 0.717) is 0 Å². The first-order chi connectivity index (χ1) is 30.7. The van der Waals surface area contributed by atoms with Crippen LogP contribution in [-0.2, 0) is 38.9 Å². The fourth-order valence-electron chi connectivity index (χ4n) is 11.7. The summed E-state index contributed by atoms with van der Waals surface area (Å²) < 4.78 is 7.45. The molecule has 0 amide bonds. The Hall–Kier alpha value is -4.70. The fraction of sp³-hybridized carbons (Fsp3) is 0.484. The van der Waals surface area contributed by atoms with Crippen LogP contribution >= 0.6 is 0 Å². The van der Waals surface area contributed by atoms with Gasteiger partial charge in [-0.2, -0.15) is 0 Å². The number of unbranched alkanes of at least 4 members (excludes halogenated alkanes) is 1. The van der Waals surface area contributed by atoms with Crippen molar-refractivity contribution in [2.24, 2.45) is 0 Å². The molecule has 0 unspecified atom stereocenters. The van der Waals surface area contributed by atoms with Gasteiger partial charge in [-0.25, -0.2) is 0 Å². The minimum absolute atomic E-state index is 0.0258. The summed E-state index contributed by atoms with van der Waals surface area (Å²) in [6, 6.07) is 31.9. The number of nitrogens with zero attached hydrogens (tertiary/aromatic N) is 2. The van der Waals surface area contributed by atoms with E-state index in [0.717, 1.165) is 36.2 Å². The van der Waals surface area contributed by atoms with Crippen LogP contribution in [0.3, 0.4) is 0 Å². The summed E-state index contributed by atoms with van der Waals surface area (Å²) in [5.74, 6) is 0. The van der Waals surface area contributed by atoms with Crippen molar-refractivity contribution in [3.63, 3.8) is 0 Å². The van der Waals surface area contributed by atoms with Gasteiger partial charge in [0.05, 0.1) is 11.3 Å². The van der Waals surface area contributed by atoms with Gasteiger partial charge in [0.2, 0.25) is 0 Å². The third-order valence-electron chi connectivity index (χ3n) is 16.3. The van der Waals surface area contributed by atoms with Gasteiger partial charge in [-0.3, -0.25) is 0 Å². The van der Waals surface area contributed by atoms with E-state index in [1.165, 1.54) is 109 Å². The van der Waals surface area contributed by atoms with Gasteiger partial charge in [0.1, 0.15) is 5.58 Å². The molecule has 3 nitrogen and oxygen atoms in total. The predicted octanol–water partition coefficient (Wildman–Crippen LogP) is 16.1. The standard InChI is InChI=1S/C62H79BN2O/c1-19-21-28-60(13,14)45-31-38(3)49(32-39(45)20-2)65-50-37-47-46(61(15,16)29-30-62(47,17)18)36-48(50)63-54-51(34-42(35-52(54)65)59(10,11)12)64(43-25-22-40(23-26-43)57(4,5)6)55-44-33-41(58(7,8)9)24-27-53(44)66-56(55)63/h22-27,31-37H,19-21,28-30H2,1-18H3. The zero-order valence-corrected chi connectivity index (χ0v) is 44.1. The van der Waals surface area contributed by atoms with Gasteiger partial charge >= 0.3 is 0 Å². The molecule has 0 radical (unpaired) electrons. The van der Waals surface area contributed by atoms with Gasteiger partial charge < -0.3 is 14.2 Å². The molecule has 4 heteroatoms. The van der Waals surface area contributed by atoms with Gasteiger partial charge in [0.25, 0.3) is 6.71 Å². The quantitative estimate of drug-likeness (QED) is 0.149. The molecule has 0 spiro atoms. The lowest BCUT2D eigenvalue weighted by Gasteiger charge is -2.47. The number of benzene rings is 5. The zero-order valence-electron chi connectivity index (χ0n) is 44.1. The van der Waals surface area contributed by atoms with Gasteiger partial charge in [0.15, 0.2) is 0 Å². The maximum atomic E-state index is 7.45. The van der Waals surface area contributed by atoms with E-state index in [2.05, 4.69) is 213 Å². The molecule has 2 aliphatic heterocycles. The summed E-state index contributed by atoms with van der Waals surface area (Å²) in [5.41, 5.74) is 23.4. The first-order valence-electron chi connectivity index (χ1n) is 25.5. The van der Waals surface area contributed by atoms with Crippen molar-refractivity contribution in [3.8, 4) is 0 Å². The Balaban J connectivity index is 1.45. The largest absolute Gasteiger partial charge is 0.468 e. The first kappa shape index (κ1) is 46.4. The van der Waals surface area contributed by atoms with Crippen LogP contribution < -0.4 is 26.4 Å². The molecular weight excluding hydrogens is 800 g/mol. The van der Waals surface area contributed by atoms with E-state index in [1.807, 2.05) is 0 Å². The average Bonchev–Trinajstić information content (AvgIpc) is 3.62. The van der Waals surface area contributed by atoms with E-state index in [-0.39, 0.29) is 39.2 Å². The smallest absolute Gasteiger partial charge is 0.297 e. The van der Waals surface area contributed by atoms with Crippen molar-refractivity contribution in [1.82, 2.24) is 0 Å². The zero-order chi connectivity index (χ0) is 47.8. The number of fused-ring (bicyclic) bond motifs is 7. The molecule has 9 rings (SSSR count). The number of furan rings is 1. The predicted molar refractivity (Wildman–Crippen MR) is 288 cm³/mol. The monoisotopic (exact) mass is 879 g/mol. The molecule has 0 N–H and O–H groups in total. The molecule has 0 bridgehead atoms. The molecule has 0 atom stereocenters. The lowest BCUT2D eigenvalue weighted by molar-refractivity contribution is 0.332. The van der Waals surface area contributed by atoms with Crippen molar-refractivity contribution < 1.29 is 4.42 Å². The van der Waals surface area contributed by atoms with Gasteiger partial charge in [0, 0.05) is 33.8 Å². The number of aryl methyl sites for hydroxylation is 2. The van der Waals surface area contributed by atoms with Crippen LogP contribution in [0.5, 0.6) is 0 Å². The van der Waals surface area contributed by atoms with Crippen LogP contribution in [0.15, 0.2) is 83.3 Å². The van der Waals surface area contributed by atoms with Crippen LogP contribution in [0.4, 0.5) is 34.1 Å². The summed E-state index contributed by atoms with van der Waals surface area (Å²) in [6.07, 6.45) is 6.95. The van der Waals surface area contributed by atoms with E-state index in [4.69, 9.17) is 4.42 Å². The molecular formula is C62H79BN2O. The highest BCUT2D eigenvalue weighted by molar-refractivity contribution is 7.00. The highest BCUT2D eigenvalue weighted by atomic mass is 16.3. The third-order valence-corrected chi connectivity index (χ3v) is 16.3. The molecule has 0 saturated heterocycles. The van der Waals surface area contributed by atoms with Crippen LogP contribution in [0.25, 0.3) is 11.0 Å². The first-order valence-corrected chi connectivity index (χ1v) is 25.5. The van der Waals surface area contributed by atoms with Crippen molar-refractivity contribution >= 4 is 68.4 Å². The molecule has 6 aromatic rings. The number of hydrogen-bond donors (Lipinski definition) is 0. The Morgan fingerprint density at radius 2 is 1.18 bits per heavy atom. The van der Waals surface area contributed by atoms with Crippen LogP contribution in [-0.4, -0.2) is 6.71 Å². The topological polar surface area (TPSA) is 19.6 Å². The highest BCUT2D eigenvalue weighted by Gasteiger charge is 2.50. The Morgan fingerprint density at radius 1 is 0.606 bits per heavy atom. The number of rotatable bonds is 7. The molecule has 0 fully saturated rings. The van der Waals surface area contributed by atoms with Crippen molar-refractivity contribution in [3.05, 3.63) is 123 Å². The van der Waals surface area contributed by atoms with Crippen molar-refractivity contribution in [2.75, 3.05) is 9.80 Å². The SMILES string of the molecule is CCCCC(C)(C)c1cc(C)c(N2c3cc4c(cc3B3c5oc6ccc(C(C)(C)C)cc6c5N(c5ccc(C(C)(C)C)cc5)c5cc(C(C)(C)C)cc2c53)C(C)(C)CCC4(C)C)cc1CC. The second kappa shape index (κ2) is 15.4.